The number of amides is 1. The van der Waals surface area contributed by atoms with Gasteiger partial charge < -0.3 is 20.5 Å². The van der Waals surface area contributed by atoms with E-state index in [1.54, 1.807) is 0 Å². The Morgan fingerprint density at radius 1 is 1.43 bits per heavy atom. The van der Waals surface area contributed by atoms with Crippen molar-refractivity contribution in [2.45, 2.75) is 38.6 Å². The minimum Gasteiger partial charge on any atom is -0.494 e. The molecule has 1 aromatic carbocycles. The van der Waals surface area contributed by atoms with Crippen molar-refractivity contribution in [1.82, 2.24) is 0 Å². The number of carbonyl (C=O) groups excluding carboxylic acids is 1. The van der Waals surface area contributed by atoms with Crippen LogP contribution in [0.3, 0.4) is 0 Å². The maximum Gasteiger partial charge on any atom is 0.241 e. The van der Waals surface area contributed by atoms with Crippen molar-refractivity contribution < 1.29 is 14.3 Å². The third-order valence-corrected chi connectivity index (χ3v) is 3.94. The predicted molar refractivity (Wildman–Crippen MR) is 94.2 cm³/mol. The highest BCUT2D eigenvalue weighted by Crippen LogP contribution is 2.21. The van der Waals surface area contributed by atoms with E-state index in [9.17, 15) is 4.79 Å². The summed E-state index contributed by atoms with van der Waals surface area (Å²) in [6.45, 7) is 4.19. The molecule has 1 atom stereocenters. The Bertz CT molecular complexity index is 479. The maximum absolute atomic E-state index is 12.3. The van der Waals surface area contributed by atoms with Gasteiger partial charge in [-0.15, -0.1) is 12.4 Å². The van der Waals surface area contributed by atoms with Crippen LogP contribution in [0.5, 0.6) is 5.75 Å². The first-order chi connectivity index (χ1) is 10.7. The number of unbranched alkanes of at least 4 members (excludes halogenated alkanes) is 1. The van der Waals surface area contributed by atoms with E-state index < -0.39 is 6.04 Å². The molecule has 1 aliphatic rings. The minimum absolute atomic E-state index is 0. The number of benzene rings is 1. The Kier molecular flexibility index (Phi) is 8.99. The van der Waals surface area contributed by atoms with Crippen molar-refractivity contribution in [3.63, 3.8) is 0 Å². The van der Waals surface area contributed by atoms with Gasteiger partial charge in [-0.25, -0.2) is 0 Å². The number of hydrogen-bond acceptors (Lipinski definition) is 4. The lowest BCUT2D eigenvalue weighted by Crippen LogP contribution is -2.43. The summed E-state index contributed by atoms with van der Waals surface area (Å²) in [5.74, 6) is 0.821. The van der Waals surface area contributed by atoms with E-state index >= 15 is 0 Å². The van der Waals surface area contributed by atoms with Gasteiger partial charge in [0.1, 0.15) is 5.75 Å². The van der Waals surface area contributed by atoms with Gasteiger partial charge in [0, 0.05) is 25.0 Å². The monoisotopic (exact) mass is 342 g/mol. The van der Waals surface area contributed by atoms with Crippen molar-refractivity contribution in [2.24, 2.45) is 11.7 Å². The van der Waals surface area contributed by atoms with Crippen LogP contribution in [-0.2, 0) is 9.53 Å². The van der Waals surface area contributed by atoms with Crippen molar-refractivity contribution in [1.29, 1.82) is 0 Å². The van der Waals surface area contributed by atoms with E-state index in [2.05, 4.69) is 12.2 Å². The summed E-state index contributed by atoms with van der Waals surface area (Å²) in [5.41, 5.74) is 6.80. The molecule has 1 fully saturated rings. The molecule has 0 saturated carbocycles. The number of halogens is 1. The molecule has 1 unspecified atom stereocenters. The maximum atomic E-state index is 12.3. The minimum atomic E-state index is -0.492. The number of hydrogen-bond donors (Lipinski definition) is 2. The van der Waals surface area contributed by atoms with Crippen LogP contribution in [0.2, 0.25) is 0 Å². The van der Waals surface area contributed by atoms with Gasteiger partial charge in [-0.05, 0) is 37.3 Å². The molecular formula is C17H27ClN2O3. The molecule has 5 nitrogen and oxygen atoms in total. The molecule has 3 N–H and O–H groups in total. The molecule has 6 heteroatoms. The lowest BCUT2D eigenvalue weighted by molar-refractivity contribution is -0.119. The van der Waals surface area contributed by atoms with Crippen LogP contribution in [0.15, 0.2) is 24.3 Å². The summed E-state index contributed by atoms with van der Waals surface area (Å²) in [6.07, 6.45) is 3.80. The van der Waals surface area contributed by atoms with Gasteiger partial charge >= 0.3 is 0 Å². The SMILES string of the molecule is CCCCOc1cccc(NC(=O)C(N)C2CCOCC2)c1.Cl. The highest BCUT2D eigenvalue weighted by molar-refractivity contribution is 5.95. The molecule has 1 aromatic rings. The average molecular weight is 343 g/mol. The van der Waals surface area contributed by atoms with Gasteiger partial charge in [0.05, 0.1) is 12.6 Å². The van der Waals surface area contributed by atoms with E-state index in [1.807, 2.05) is 24.3 Å². The van der Waals surface area contributed by atoms with Gasteiger partial charge in [-0.2, -0.15) is 0 Å². The number of rotatable bonds is 7. The van der Waals surface area contributed by atoms with E-state index in [1.165, 1.54) is 0 Å². The van der Waals surface area contributed by atoms with E-state index in [0.29, 0.717) is 19.8 Å². The van der Waals surface area contributed by atoms with Gasteiger partial charge in [0.25, 0.3) is 0 Å². The van der Waals surface area contributed by atoms with E-state index in [-0.39, 0.29) is 24.2 Å². The highest BCUT2D eigenvalue weighted by Gasteiger charge is 2.26. The Balaban J connectivity index is 0.00000264. The lowest BCUT2D eigenvalue weighted by Gasteiger charge is -2.26. The fraction of sp³-hybridized carbons (Fsp3) is 0.588. The fourth-order valence-electron chi connectivity index (χ4n) is 2.51. The van der Waals surface area contributed by atoms with Crippen LogP contribution in [0, 0.1) is 5.92 Å². The molecule has 23 heavy (non-hydrogen) atoms. The molecule has 0 aliphatic carbocycles. The standard InChI is InChI=1S/C17H26N2O3.ClH/c1-2-3-9-22-15-6-4-5-14(12-15)19-17(20)16(18)13-7-10-21-11-8-13;/h4-6,12-13,16H,2-3,7-11,18H2,1H3,(H,19,20);1H. The van der Waals surface area contributed by atoms with E-state index in [0.717, 1.165) is 37.1 Å². The molecular weight excluding hydrogens is 316 g/mol. The summed E-state index contributed by atoms with van der Waals surface area (Å²) in [7, 11) is 0. The predicted octanol–water partition coefficient (Wildman–Crippen LogP) is 2.98. The molecule has 1 heterocycles. The number of carbonyl (C=O) groups is 1. The summed E-state index contributed by atoms with van der Waals surface area (Å²) < 4.78 is 11.0. The second-order valence-corrected chi connectivity index (χ2v) is 5.69. The molecule has 1 aliphatic heterocycles. The molecule has 0 radical (unpaired) electrons. The number of anilines is 1. The van der Waals surface area contributed by atoms with Gasteiger partial charge in [-0.3, -0.25) is 4.79 Å². The first kappa shape index (κ1) is 19.7. The number of nitrogens with two attached hydrogens (primary N) is 1. The zero-order valence-corrected chi connectivity index (χ0v) is 14.4. The zero-order chi connectivity index (χ0) is 15.8. The molecule has 1 saturated heterocycles. The van der Waals surface area contributed by atoms with Crippen molar-refractivity contribution in [3.8, 4) is 5.75 Å². The summed E-state index contributed by atoms with van der Waals surface area (Å²) in [6, 6.07) is 6.96. The summed E-state index contributed by atoms with van der Waals surface area (Å²) in [4.78, 5) is 12.3. The van der Waals surface area contributed by atoms with Crippen LogP contribution < -0.4 is 15.8 Å². The van der Waals surface area contributed by atoms with Crippen molar-refractivity contribution in [2.75, 3.05) is 25.1 Å². The Morgan fingerprint density at radius 3 is 2.87 bits per heavy atom. The van der Waals surface area contributed by atoms with Gasteiger partial charge in [-0.1, -0.05) is 19.4 Å². The Labute approximate surface area is 144 Å². The van der Waals surface area contributed by atoms with Crippen LogP contribution in [0.4, 0.5) is 5.69 Å². The summed E-state index contributed by atoms with van der Waals surface area (Å²) in [5, 5.41) is 2.89. The van der Waals surface area contributed by atoms with Crippen LogP contribution in [0.1, 0.15) is 32.6 Å². The third-order valence-electron chi connectivity index (χ3n) is 3.94. The lowest BCUT2D eigenvalue weighted by atomic mass is 9.92. The topological polar surface area (TPSA) is 73.6 Å². The van der Waals surface area contributed by atoms with Gasteiger partial charge in [0.15, 0.2) is 0 Å². The smallest absolute Gasteiger partial charge is 0.241 e. The first-order valence-corrected chi connectivity index (χ1v) is 8.07. The largest absolute Gasteiger partial charge is 0.494 e. The zero-order valence-electron chi connectivity index (χ0n) is 13.6. The Hall–Kier alpha value is -1.30. The van der Waals surface area contributed by atoms with Gasteiger partial charge in [0.2, 0.25) is 5.91 Å². The quantitative estimate of drug-likeness (QED) is 0.747. The molecule has 0 aromatic heterocycles. The molecule has 130 valence electrons. The average Bonchev–Trinajstić information content (AvgIpc) is 2.55. The normalized spacial score (nSPS) is 16.3. The summed E-state index contributed by atoms with van der Waals surface area (Å²) >= 11 is 0. The number of ether oxygens (including phenoxy) is 2. The number of nitrogens with one attached hydrogen (secondary N) is 1. The second kappa shape index (κ2) is 10.5. The molecule has 1 amide bonds. The second-order valence-electron chi connectivity index (χ2n) is 5.69. The first-order valence-electron chi connectivity index (χ1n) is 8.07. The highest BCUT2D eigenvalue weighted by atomic mass is 35.5. The molecule has 0 bridgehead atoms. The van der Waals surface area contributed by atoms with E-state index in [4.69, 9.17) is 15.2 Å². The van der Waals surface area contributed by atoms with Crippen molar-refractivity contribution in [3.05, 3.63) is 24.3 Å². The molecule has 2 rings (SSSR count). The van der Waals surface area contributed by atoms with Crippen LogP contribution in [0.25, 0.3) is 0 Å². The van der Waals surface area contributed by atoms with Crippen LogP contribution >= 0.6 is 12.4 Å². The van der Waals surface area contributed by atoms with Crippen LogP contribution in [-0.4, -0.2) is 31.8 Å². The Morgan fingerprint density at radius 2 is 2.17 bits per heavy atom. The fourth-order valence-corrected chi connectivity index (χ4v) is 2.51. The third kappa shape index (κ3) is 6.37. The van der Waals surface area contributed by atoms with Crippen molar-refractivity contribution >= 4 is 24.0 Å². The molecule has 0 spiro atoms.